The Morgan fingerprint density at radius 2 is 1.97 bits per heavy atom. The predicted octanol–water partition coefficient (Wildman–Crippen LogP) is 2.20. The van der Waals surface area contributed by atoms with Crippen molar-refractivity contribution in [2.45, 2.75) is 38.3 Å². The fourth-order valence-corrected chi connectivity index (χ4v) is 4.34. The number of β-amino-alcohol motifs (C(OH)–C–C–N with tert-alkyl or cyclic N) is 1. The third-order valence-corrected chi connectivity index (χ3v) is 6.05. The van der Waals surface area contributed by atoms with E-state index in [-0.39, 0.29) is 12.5 Å². The fourth-order valence-electron chi connectivity index (χ4n) is 4.34. The Morgan fingerprint density at radius 3 is 2.80 bits per heavy atom. The number of benzene rings is 1. The van der Waals surface area contributed by atoms with Crippen LogP contribution in [-0.4, -0.2) is 59.8 Å². The lowest BCUT2D eigenvalue weighted by molar-refractivity contribution is 0.0662. The molecule has 1 saturated heterocycles. The number of rotatable bonds is 7. The Hall–Kier alpha value is -2.28. The summed E-state index contributed by atoms with van der Waals surface area (Å²) >= 11 is 0. The SMILES string of the molecule is O=C(NCC(O)CN1CCc2ccccc2C1)c1cccc(CC2CCOCC2)n1. The largest absolute Gasteiger partial charge is 0.390 e. The minimum Gasteiger partial charge on any atom is -0.390 e. The quantitative estimate of drug-likeness (QED) is 0.733. The van der Waals surface area contributed by atoms with E-state index in [1.807, 2.05) is 12.1 Å². The molecular weight excluding hydrogens is 378 g/mol. The van der Waals surface area contributed by atoms with Gasteiger partial charge < -0.3 is 15.2 Å². The minimum atomic E-state index is -0.607. The van der Waals surface area contributed by atoms with Gasteiger partial charge in [-0.25, -0.2) is 4.98 Å². The molecule has 3 heterocycles. The van der Waals surface area contributed by atoms with E-state index < -0.39 is 6.10 Å². The Balaban J connectivity index is 1.24. The van der Waals surface area contributed by atoms with E-state index in [4.69, 9.17) is 4.74 Å². The van der Waals surface area contributed by atoms with Crippen LogP contribution in [-0.2, 0) is 24.1 Å². The van der Waals surface area contributed by atoms with Gasteiger partial charge in [0.05, 0.1) is 6.10 Å². The van der Waals surface area contributed by atoms with Crippen molar-refractivity contribution in [2.24, 2.45) is 5.92 Å². The molecule has 6 heteroatoms. The van der Waals surface area contributed by atoms with Crippen LogP contribution in [0.1, 0.15) is 40.2 Å². The monoisotopic (exact) mass is 409 g/mol. The maximum Gasteiger partial charge on any atom is 0.269 e. The average Bonchev–Trinajstić information content (AvgIpc) is 2.78. The van der Waals surface area contributed by atoms with E-state index in [1.54, 1.807) is 6.07 Å². The Labute approximate surface area is 178 Å². The number of amides is 1. The summed E-state index contributed by atoms with van der Waals surface area (Å²) in [5.74, 6) is 0.341. The smallest absolute Gasteiger partial charge is 0.269 e. The van der Waals surface area contributed by atoms with Crippen molar-refractivity contribution in [1.29, 1.82) is 0 Å². The molecule has 0 bridgehead atoms. The molecule has 4 rings (SSSR count). The first-order valence-corrected chi connectivity index (χ1v) is 11.0. The zero-order valence-electron chi connectivity index (χ0n) is 17.4. The van der Waals surface area contributed by atoms with Gasteiger partial charge in [0.2, 0.25) is 0 Å². The van der Waals surface area contributed by atoms with Crippen LogP contribution in [0.4, 0.5) is 0 Å². The average molecular weight is 410 g/mol. The molecule has 1 atom stereocenters. The van der Waals surface area contributed by atoms with Crippen LogP contribution < -0.4 is 5.32 Å². The van der Waals surface area contributed by atoms with E-state index in [0.717, 1.165) is 57.7 Å². The molecule has 1 unspecified atom stereocenters. The fraction of sp³-hybridized carbons (Fsp3) is 0.500. The minimum absolute atomic E-state index is 0.225. The Bertz CT molecular complexity index is 851. The number of nitrogens with one attached hydrogen (secondary N) is 1. The third kappa shape index (κ3) is 5.65. The molecule has 2 aliphatic heterocycles. The summed E-state index contributed by atoms with van der Waals surface area (Å²) in [7, 11) is 0. The number of hydrogen-bond acceptors (Lipinski definition) is 5. The summed E-state index contributed by atoms with van der Waals surface area (Å²) in [5.41, 5.74) is 4.08. The van der Waals surface area contributed by atoms with E-state index in [2.05, 4.69) is 39.5 Å². The number of ether oxygens (including phenoxy) is 1. The van der Waals surface area contributed by atoms with Gasteiger partial charge in [0.15, 0.2) is 0 Å². The number of carbonyl (C=O) groups is 1. The van der Waals surface area contributed by atoms with Gasteiger partial charge in [-0.05, 0) is 54.9 Å². The summed E-state index contributed by atoms with van der Waals surface area (Å²) < 4.78 is 5.41. The summed E-state index contributed by atoms with van der Waals surface area (Å²) in [6.07, 6.45) is 3.36. The maximum atomic E-state index is 12.5. The van der Waals surface area contributed by atoms with Gasteiger partial charge in [-0.2, -0.15) is 0 Å². The Morgan fingerprint density at radius 1 is 1.17 bits per heavy atom. The second-order valence-electron chi connectivity index (χ2n) is 8.39. The predicted molar refractivity (Wildman–Crippen MR) is 115 cm³/mol. The zero-order valence-corrected chi connectivity index (χ0v) is 17.4. The lowest BCUT2D eigenvalue weighted by atomic mass is 9.94. The number of aromatic nitrogens is 1. The molecular formula is C24H31N3O3. The highest BCUT2D eigenvalue weighted by Gasteiger charge is 2.20. The van der Waals surface area contributed by atoms with E-state index in [9.17, 15) is 9.90 Å². The van der Waals surface area contributed by atoms with Crippen LogP contribution in [0.25, 0.3) is 0 Å². The molecule has 0 saturated carbocycles. The second kappa shape index (κ2) is 10.2. The standard InChI is InChI=1S/C24H31N3O3/c28-22(17-27-11-8-19-4-1-2-5-20(19)16-27)15-25-24(29)23-7-3-6-21(26-23)14-18-9-12-30-13-10-18/h1-7,18,22,28H,8-17H2,(H,25,29). The van der Waals surface area contributed by atoms with Crippen molar-refractivity contribution in [1.82, 2.24) is 15.2 Å². The molecule has 0 radical (unpaired) electrons. The molecule has 2 aliphatic rings. The van der Waals surface area contributed by atoms with Crippen molar-refractivity contribution in [3.63, 3.8) is 0 Å². The van der Waals surface area contributed by atoms with Crippen LogP contribution in [0.5, 0.6) is 0 Å². The highest BCUT2D eigenvalue weighted by molar-refractivity contribution is 5.92. The summed E-state index contributed by atoms with van der Waals surface area (Å²) in [5, 5.41) is 13.3. The topological polar surface area (TPSA) is 74.7 Å². The lowest BCUT2D eigenvalue weighted by Crippen LogP contribution is -2.42. The van der Waals surface area contributed by atoms with E-state index in [1.165, 1.54) is 11.1 Å². The number of aliphatic hydroxyl groups is 1. The van der Waals surface area contributed by atoms with Gasteiger partial charge in [0.1, 0.15) is 5.69 Å². The first-order chi connectivity index (χ1) is 14.7. The molecule has 160 valence electrons. The third-order valence-electron chi connectivity index (χ3n) is 6.05. The number of pyridine rings is 1. The van der Waals surface area contributed by atoms with Gasteiger partial charge in [-0.15, -0.1) is 0 Å². The summed E-state index contributed by atoms with van der Waals surface area (Å²) in [4.78, 5) is 19.3. The van der Waals surface area contributed by atoms with Gasteiger partial charge in [0, 0.05) is 45.1 Å². The Kier molecular flexibility index (Phi) is 7.10. The molecule has 1 aromatic carbocycles. The van der Waals surface area contributed by atoms with E-state index in [0.29, 0.717) is 18.2 Å². The van der Waals surface area contributed by atoms with Gasteiger partial charge >= 0.3 is 0 Å². The van der Waals surface area contributed by atoms with Gasteiger partial charge in [-0.1, -0.05) is 30.3 Å². The normalized spacial score (nSPS) is 18.6. The number of fused-ring (bicyclic) bond motifs is 1. The van der Waals surface area contributed by atoms with Crippen molar-refractivity contribution >= 4 is 5.91 Å². The molecule has 6 nitrogen and oxygen atoms in total. The van der Waals surface area contributed by atoms with Crippen LogP contribution in [0.2, 0.25) is 0 Å². The highest BCUT2D eigenvalue weighted by atomic mass is 16.5. The molecule has 2 N–H and O–H groups in total. The zero-order chi connectivity index (χ0) is 20.8. The van der Waals surface area contributed by atoms with Crippen LogP contribution in [0, 0.1) is 5.92 Å². The van der Waals surface area contributed by atoms with Crippen molar-refractivity contribution < 1.29 is 14.6 Å². The molecule has 1 amide bonds. The van der Waals surface area contributed by atoms with E-state index >= 15 is 0 Å². The van der Waals surface area contributed by atoms with Crippen molar-refractivity contribution in [3.8, 4) is 0 Å². The molecule has 2 aromatic rings. The number of nitrogens with zero attached hydrogens (tertiary/aromatic N) is 2. The summed E-state index contributed by atoms with van der Waals surface area (Å²) in [6, 6.07) is 14.1. The van der Waals surface area contributed by atoms with Crippen LogP contribution >= 0.6 is 0 Å². The number of carbonyl (C=O) groups excluding carboxylic acids is 1. The molecule has 1 aromatic heterocycles. The van der Waals surface area contributed by atoms with Crippen molar-refractivity contribution in [2.75, 3.05) is 32.8 Å². The molecule has 0 spiro atoms. The number of aliphatic hydroxyl groups excluding tert-OH is 1. The highest BCUT2D eigenvalue weighted by Crippen LogP contribution is 2.20. The van der Waals surface area contributed by atoms with Crippen molar-refractivity contribution in [3.05, 3.63) is 65.0 Å². The molecule has 30 heavy (non-hydrogen) atoms. The van der Waals surface area contributed by atoms with Gasteiger partial charge in [-0.3, -0.25) is 9.69 Å². The first kappa shape index (κ1) is 21.0. The van der Waals surface area contributed by atoms with Crippen LogP contribution in [0.3, 0.4) is 0 Å². The molecule has 1 fully saturated rings. The first-order valence-electron chi connectivity index (χ1n) is 11.0. The summed E-state index contributed by atoms with van der Waals surface area (Å²) in [6.45, 7) is 4.17. The van der Waals surface area contributed by atoms with Crippen LogP contribution in [0.15, 0.2) is 42.5 Å². The number of hydrogen-bond donors (Lipinski definition) is 2. The molecule has 0 aliphatic carbocycles. The van der Waals surface area contributed by atoms with Gasteiger partial charge in [0.25, 0.3) is 5.91 Å². The maximum absolute atomic E-state index is 12.5. The lowest BCUT2D eigenvalue weighted by Gasteiger charge is -2.30. The second-order valence-corrected chi connectivity index (χ2v) is 8.39.